The first-order chi connectivity index (χ1) is 7.82. The summed E-state index contributed by atoms with van der Waals surface area (Å²) in [6.07, 6.45) is 1.62. The highest BCUT2D eigenvalue weighted by Crippen LogP contribution is 2.36. The molecule has 3 heteroatoms. The van der Waals surface area contributed by atoms with E-state index in [2.05, 4.69) is 12.1 Å². The van der Waals surface area contributed by atoms with Crippen molar-refractivity contribution in [3.05, 3.63) is 35.4 Å². The van der Waals surface area contributed by atoms with Gasteiger partial charge >= 0.3 is 0 Å². The molecule has 1 unspecified atom stereocenters. The number of ether oxygens (including phenoxy) is 1. The SMILES string of the molecule is N#CCCC1(C#N)OCCc2ccccc21. The second-order valence-corrected chi connectivity index (χ2v) is 3.85. The van der Waals surface area contributed by atoms with E-state index in [4.69, 9.17) is 10.00 Å². The maximum Gasteiger partial charge on any atom is 0.180 e. The molecular formula is C13H12N2O. The Morgan fingerprint density at radius 2 is 2.12 bits per heavy atom. The van der Waals surface area contributed by atoms with Crippen LogP contribution >= 0.6 is 0 Å². The van der Waals surface area contributed by atoms with Crippen LogP contribution in [0.1, 0.15) is 24.0 Å². The monoisotopic (exact) mass is 212 g/mol. The van der Waals surface area contributed by atoms with Crippen LogP contribution in [0.4, 0.5) is 0 Å². The van der Waals surface area contributed by atoms with E-state index in [0.29, 0.717) is 19.4 Å². The summed E-state index contributed by atoms with van der Waals surface area (Å²) in [5.74, 6) is 0. The number of rotatable bonds is 2. The number of fused-ring (bicyclic) bond motifs is 1. The molecule has 0 aromatic heterocycles. The zero-order valence-corrected chi connectivity index (χ0v) is 8.94. The molecule has 0 radical (unpaired) electrons. The highest BCUT2D eigenvalue weighted by molar-refractivity contribution is 5.38. The van der Waals surface area contributed by atoms with Crippen LogP contribution in [0.2, 0.25) is 0 Å². The number of hydrogen-bond donors (Lipinski definition) is 0. The van der Waals surface area contributed by atoms with E-state index in [-0.39, 0.29) is 0 Å². The fourth-order valence-electron chi connectivity index (χ4n) is 2.13. The molecule has 0 aliphatic carbocycles. The van der Waals surface area contributed by atoms with Crippen molar-refractivity contribution in [3.8, 4) is 12.1 Å². The topological polar surface area (TPSA) is 56.8 Å². The summed E-state index contributed by atoms with van der Waals surface area (Å²) in [6, 6.07) is 12.1. The molecule has 0 spiro atoms. The standard InChI is InChI=1S/C13H12N2O/c14-8-3-7-13(10-15)12-5-2-1-4-11(12)6-9-16-13/h1-2,4-5H,3,6-7,9H2. The maximum atomic E-state index is 9.33. The van der Waals surface area contributed by atoms with Gasteiger partial charge in [-0.1, -0.05) is 24.3 Å². The highest BCUT2D eigenvalue weighted by Gasteiger charge is 2.37. The fraction of sp³-hybridized carbons (Fsp3) is 0.385. The van der Waals surface area contributed by atoms with Crippen LogP contribution in [0.15, 0.2) is 24.3 Å². The van der Waals surface area contributed by atoms with Crippen LogP contribution < -0.4 is 0 Å². The van der Waals surface area contributed by atoms with Crippen molar-refractivity contribution in [1.29, 1.82) is 10.5 Å². The van der Waals surface area contributed by atoms with E-state index in [1.165, 1.54) is 0 Å². The van der Waals surface area contributed by atoms with Gasteiger partial charge in [0.2, 0.25) is 0 Å². The molecule has 1 heterocycles. The Kier molecular flexibility index (Phi) is 2.90. The van der Waals surface area contributed by atoms with E-state index in [1.54, 1.807) is 0 Å². The van der Waals surface area contributed by atoms with Crippen LogP contribution in [-0.4, -0.2) is 6.61 Å². The lowest BCUT2D eigenvalue weighted by Crippen LogP contribution is -2.34. The summed E-state index contributed by atoms with van der Waals surface area (Å²) in [7, 11) is 0. The quantitative estimate of drug-likeness (QED) is 0.755. The number of nitriles is 2. The van der Waals surface area contributed by atoms with Crippen molar-refractivity contribution in [2.75, 3.05) is 6.61 Å². The van der Waals surface area contributed by atoms with Crippen LogP contribution in [0.3, 0.4) is 0 Å². The van der Waals surface area contributed by atoms with Gasteiger partial charge in [-0.15, -0.1) is 0 Å². The zero-order chi connectivity index (χ0) is 11.4. The van der Waals surface area contributed by atoms with Gasteiger partial charge in [0.25, 0.3) is 0 Å². The molecule has 1 aliphatic rings. The molecule has 0 fully saturated rings. The molecule has 0 saturated heterocycles. The van der Waals surface area contributed by atoms with Crippen molar-refractivity contribution in [2.45, 2.75) is 24.9 Å². The summed E-state index contributed by atoms with van der Waals surface area (Å²) in [5.41, 5.74) is 1.18. The van der Waals surface area contributed by atoms with Gasteiger partial charge in [-0.3, -0.25) is 0 Å². The lowest BCUT2D eigenvalue weighted by molar-refractivity contribution is -0.0214. The highest BCUT2D eigenvalue weighted by atomic mass is 16.5. The van der Waals surface area contributed by atoms with Crippen LogP contribution in [0, 0.1) is 22.7 Å². The minimum absolute atomic E-state index is 0.335. The van der Waals surface area contributed by atoms with Crippen molar-refractivity contribution in [2.24, 2.45) is 0 Å². The van der Waals surface area contributed by atoms with E-state index >= 15 is 0 Å². The van der Waals surface area contributed by atoms with Gasteiger partial charge in [0.1, 0.15) is 6.07 Å². The fourth-order valence-corrected chi connectivity index (χ4v) is 2.13. The van der Waals surface area contributed by atoms with Gasteiger partial charge in [0, 0.05) is 18.4 Å². The van der Waals surface area contributed by atoms with Crippen LogP contribution in [-0.2, 0) is 16.8 Å². The largest absolute Gasteiger partial charge is 0.356 e. The van der Waals surface area contributed by atoms with Crippen molar-refractivity contribution in [3.63, 3.8) is 0 Å². The molecule has 0 saturated carbocycles. The van der Waals surface area contributed by atoms with Gasteiger partial charge in [-0.25, -0.2) is 0 Å². The van der Waals surface area contributed by atoms with Gasteiger partial charge in [0.15, 0.2) is 5.60 Å². The molecule has 0 N–H and O–H groups in total. The lowest BCUT2D eigenvalue weighted by Gasteiger charge is -2.32. The zero-order valence-electron chi connectivity index (χ0n) is 8.94. The third-order valence-electron chi connectivity index (χ3n) is 2.94. The Morgan fingerprint density at radius 1 is 1.31 bits per heavy atom. The normalized spacial score (nSPS) is 22.9. The molecule has 0 amide bonds. The number of benzene rings is 1. The Bertz CT molecular complexity index is 470. The van der Waals surface area contributed by atoms with Crippen LogP contribution in [0.25, 0.3) is 0 Å². The Balaban J connectivity index is 2.43. The van der Waals surface area contributed by atoms with Gasteiger partial charge in [-0.2, -0.15) is 10.5 Å². The molecule has 2 rings (SSSR count). The van der Waals surface area contributed by atoms with E-state index in [9.17, 15) is 5.26 Å². The molecular weight excluding hydrogens is 200 g/mol. The Morgan fingerprint density at radius 3 is 2.88 bits per heavy atom. The second-order valence-electron chi connectivity index (χ2n) is 3.85. The van der Waals surface area contributed by atoms with Crippen molar-refractivity contribution in [1.82, 2.24) is 0 Å². The van der Waals surface area contributed by atoms with Crippen LogP contribution in [0.5, 0.6) is 0 Å². The van der Waals surface area contributed by atoms with Gasteiger partial charge < -0.3 is 4.74 Å². The summed E-state index contributed by atoms with van der Waals surface area (Å²) in [6.45, 7) is 0.552. The number of nitrogens with zero attached hydrogens (tertiary/aromatic N) is 2. The molecule has 80 valence electrons. The van der Waals surface area contributed by atoms with Crippen molar-refractivity contribution >= 4 is 0 Å². The second kappa shape index (κ2) is 4.35. The van der Waals surface area contributed by atoms with Gasteiger partial charge in [0.05, 0.1) is 12.7 Å². The predicted molar refractivity (Wildman–Crippen MR) is 58.2 cm³/mol. The van der Waals surface area contributed by atoms with Crippen molar-refractivity contribution < 1.29 is 4.74 Å². The maximum absolute atomic E-state index is 9.33. The third-order valence-corrected chi connectivity index (χ3v) is 2.94. The summed E-state index contributed by atoms with van der Waals surface area (Å²) < 4.78 is 5.63. The first kappa shape index (κ1) is 10.7. The minimum Gasteiger partial charge on any atom is -0.356 e. The summed E-state index contributed by atoms with van der Waals surface area (Å²) >= 11 is 0. The molecule has 1 aromatic rings. The number of hydrogen-bond acceptors (Lipinski definition) is 3. The average molecular weight is 212 g/mol. The molecule has 1 aromatic carbocycles. The Labute approximate surface area is 94.9 Å². The summed E-state index contributed by atoms with van der Waals surface area (Å²) in [4.78, 5) is 0. The Hall–Kier alpha value is -1.84. The molecule has 0 bridgehead atoms. The lowest BCUT2D eigenvalue weighted by atomic mass is 9.84. The molecule has 16 heavy (non-hydrogen) atoms. The molecule has 3 nitrogen and oxygen atoms in total. The molecule has 1 aliphatic heterocycles. The van der Waals surface area contributed by atoms with E-state index in [0.717, 1.165) is 17.5 Å². The van der Waals surface area contributed by atoms with E-state index in [1.807, 2.05) is 24.3 Å². The minimum atomic E-state index is -0.912. The average Bonchev–Trinajstić information content (AvgIpc) is 2.36. The third kappa shape index (κ3) is 1.66. The predicted octanol–water partition coefficient (Wildman–Crippen LogP) is 2.28. The summed E-state index contributed by atoms with van der Waals surface area (Å²) in [5, 5.41) is 18.0. The smallest absolute Gasteiger partial charge is 0.180 e. The van der Waals surface area contributed by atoms with Gasteiger partial charge in [-0.05, 0) is 12.0 Å². The molecule has 1 atom stereocenters. The first-order valence-electron chi connectivity index (χ1n) is 5.33. The van der Waals surface area contributed by atoms with E-state index < -0.39 is 5.60 Å². The first-order valence-corrected chi connectivity index (χ1v) is 5.33.